The van der Waals surface area contributed by atoms with Crippen molar-refractivity contribution in [2.24, 2.45) is 5.16 Å². The summed E-state index contributed by atoms with van der Waals surface area (Å²) in [6.07, 6.45) is 2.73. The van der Waals surface area contributed by atoms with E-state index >= 15 is 0 Å². The van der Waals surface area contributed by atoms with Crippen LogP contribution in [0.15, 0.2) is 29.4 Å². The van der Waals surface area contributed by atoms with Gasteiger partial charge >= 0.3 is 0 Å². The van der Waals surface area contributed by atoms with E-state index in [0.717, 1.165) is 12.0 Å². The predicted molar refractivity (Wildman–Crippen MR) is 60.3 cm³/mol. The third-order valence-corrected chi connectivity index (χ3v) is 2.14. The van der Waals surface area contributed by atoms with Gasteiger partial charge in [-0.05, 0) is 12.0 Å². The molecule has 0 aliphatic carbocycles. The van der Waals surface area contributed by atoms with E-state index in [1.165, 1.54) is 18.9 Å². The van der Waals surface area contributed by atoms with Crippen LogP contribution in [0.2, 0.25) is 0 Å². The Kier molecular flexibility index (Phi) is 4.54. The van der Waals surface area contributed by atoms with E-state index in [2.05, 4.69) is 16.9 Å². The van der Waals surface area contributed by atoms with Crippen molar-refractivity contribution in [2.75, 3.05) is 7.11 Å². The fraction of sp³-hybridized carbons (Fsp3) is 0.333. The molecule has 0 aliphatic heterocycles. The topological polar surface area (TPSA) is 38.7 Å². The zero-order chi connectivity index (χ0) is 11.1. The summed E-state index contributed by atoms with van der Waals surface area (Å²) in [5, 5.41) is 3.53. The second kappa shape index (κ2) is 5.96. The molecule has 0 fully saturated rings. The molecule has 3 nitrogen and oxygen atoms in total. The average molecular weight is 205 g/mol. The number of hydrogen-bond acceptors (Lipinski definition) is 3. The lowest BCUT2D eigenvalue weighted by Crippen LogP contribution is -1.99. The van der Waals surface area contributed by atoms with Crippen LogP contribution in [0.3, 0.4) is 0 Å². The summed E-state index contributed by atoms with van der Waals surface area (Å²) in [5.74, 6) is 0.0541. The normalized spacial score (nSPS) is 10.5. The summed E-state index contributed by atoms with van der Waals surface area (Å²) in [6.45, 7) is 2.09. The van der Waals surface area contributed by atoms with Crippen LogP contribution in [0.1, 0.15) is 29.3 Å². The highest BCUT2D eigenvalue weighted by atomic mass is 16.6. The molecular weight excluding hydrogens is 190 g/mol. The number of benzene rings is 1. The average Bonchev–Trinajstić information content (AvgIpc) is 2.29. The first-order valence-corrected chi connectivity index (χ1v) is 4.95. The molecule has 0 unspecified atom stereocenters. The first-order chi connectivity index (χ1) is 7.27. The lowest BCUT2D eigenvalue weighted by Gasteiger charge is -1.99. The van der Waals surface area contributed by atoms with Gasteiger partial charge in [0.1, 0.15) is 7.11 Å². The number of oxime groups is 1. The molecule has 0 bridgehead atoms. The van der Waals surface area contributed by atoms with E-state index in [9.17, 15) is 4.79 Å². The molecular formula is C12H15NO2. The van der Waals surface area contributed by atoms with Gasteiger partial charge < -0.3 is 4.84 Å². The third kappa shape index (κ3) is 3.54. The third-order valence-electron chi connectivity index (χ3n) is 2.14. The van der Waals surface area contributed by atoms with Crippen LogP contribution in [0.25, 0.3) is 0 Å². The lowest BCUT2D eigenvalue weighted by molar-refractivity contribution is 0.1000. The maximum absolute atomic E-state index is 11.6. The van der Waals surface area contributed by atoms with E-state index in [4.69, 9.17) is 0 Å². The number of ketones is 1. The van der Waals surface area contributed by atoms with Gasteiger partial charge in [0.15, 0.2) is 5.78 Å². The van der Waals surface area contributed by atoms with E-state index < -0.39 is 0 Å². The van der Waals surface area contributed by atoms with Crippen LogP contribution in [0, 0.1) is 0 Å². The molecule has 1 aromatic carbocycles. The SMILES string of the molecule is CCc1ccc(C(=O)C/C=N/OC)cc1. The summed E-state index contributed by atoms with van der Waals surface area (Å²) in [4.78, 5) is 16.1. The number of nitrogens with zero attached hydrogens (tertiary/aromatic N) is 1. The van der Waals surface area contributed by atoms with Gasteiger partial charge in [-0.15, -0.1) is 0 Å². The highest BCUT2D eigenvalue weighted by molar-refractivity contribution is 6.03. The summed E-state index contributed by atoms with van der Waals surface area (Å²) in [5.41, 5.74) is 1.95. The maximum Gasteiger partial charge on any atom is 0.168 e. The van der Waals surface area contributed by atoms with Crippen molar-refractivity contribution in [3.8, 4) is 0 Å². The smallest absolute Gasteiger partial charge is 0.168 e. The van der Waals surface area contributed by atoms with Gasteiger partial charge in [0, 0.05) is 12.0 Å². The Labute approximate surface area is 89.7 Å². The van der Waals surface area contributed by atoms with Gasteiger partial charge in [-0.3, -0.25) is 4.79 Å². The fourth-order valence-corrected chi connectivity index (χ4v) is 1.24. The molecule has 0 saturated heterocycles. The van der Waals surface area contributed by atoms with Gasteiger partial charge in [0.25, 0.3) is 0 Å². The van der Waals surface area contributed by atoms with Gasteiger partial charge in [0.05, 0.1) is 6.21 Å². The quantitative estimate of drug-likeness (QED) is 0.420. The number of carbonyl (C=O) groups excluding carboxylic acids is 1. The molecule has 80 valence electrons. The van der Waals surface area contributed by atoms with Gasteiger partial charge in [-0.25, -0.2) is 0 Å². The molecule has 0 aromatic heterocycles. The number of carbonyl (C=O) groups is 1. The second-order valence-electron chi connectivity index (χ2n) is 3.15. The maximum atomic E-state index is 11.6. The van der Waals surface area contributed by atoms with E-state index in [0.29, 0.717) is 0 Å². The number of Topliss-reactive ketones (excluding diaryl/α,β-unsaturated/α-hetero) is 1. The van der Waals surface area contributed by atoms with Crippen molar-refractivity contribution in [1.29, 1.82) is 0 Å². The monoisotopic (exact) mass is 205 g/mol. The van der Waals surface area contributed by atoms with Crippen molar-refractivity contribution in [2.45, 2.75) is 19.8 Å². The zero-order valence-corrected chi connectivity index (χ0v) is 9.06. The number of rotatable bonds is 5. The number of aryl methyl sites for hydroxylation is 1. The molecule has 0 aliphatic rings. The van der Waals surface area contributed by atoms with Crippen LogP contribution >= 0.6 is 0 Å². The Balaban J connectivity index is 2.62. The van der Waals surface area contributed by atoms with E-state index in [1.807, 2.05) is 24.3 Å². The molecule has 0 amide bonds. The van der Waals surface area contributed by atoms with Gasteiger partial charge in [-0.1, -0.05) is 36.3 Å². The highest BCUT2D eigenvalue weighted by Crippen LogP contribution is 2.06. The summed E-state index contributed by atoms with van der Waals surface area (Å²) in [7, 11) is 1.46. The molecule has 1 rings (SSSR count). The first kappa shape index (κ1) is 11.4. The molecule has 3 heteroatoms. The molecule has 1 aromatic rings. The van der Waals surface area contributed by atoms with Crippen LogP contribution < -0.4 is 0 Å². The Hall–Kier alpha value is -1.64. The van der Waals surface area contributed by atoms with Gasteiger partial charge in [-0.2, -0.15) is 0 Å². The standard InChI is InChI=1S/C12H15NO2/c1-3-10-4-6-11(7-5-10)12(14)8-9-13-15-2/h4-7,9H,3,8H2,1-2H3/b13-9+. The summed E-state index contributed by atoms with van der Waals surface area (Å²) >= 11 is 0. The molecule has 0 spiro atoms. The minimum atomic E-state index is 0.0541. The minimum absolute atomic E-state index is 0.0541. The Morgan fingerprint density at radius 1 is 1.40 bits per heavy atom. The first-order valence-electron chi connectivity index (χ1n) is 4.95. The van der Waals surface area contributed by atoms with Gasteiger partial charge in [0.2, 0.25) is 0 Å². The Morgan fingerprint density at radius 3 is 2.60 bits per heavy atom. The lowest BCUT2D eigenvalue weighted by atomic mass is 10.1. The molecule has 0 N–H and O–H groups in total. The van der Waals surface area contributed by atoms with E-state index in [-0.39, 0.29) is 12.2 Å². The van der Waals surface area contributed by atoms with Crippen LogP contribution in [0.5, 0.6) is 0 Å². The fourth-order valence-electron chi connectivity index (χ4n) is 1.24. The molecule has 0 heterocycles. The van der Waals surface area contributed by atoms with Crippen molar-refractivity contribution < 1.29 is 9.63 Å². The van der Waals surface area contributed by atoms with E-state index in [1.54, 1.807) is 0 Å². The Morgan fingerprint density at radius 2 is 2.07 bits per heavy atom. The summed E-state index contributed by atoms with van der Waals surface area (Å²) in [6, 6.07) is 7.64. The minimum Gasteiger partial charge on any atom is -0.399 e. The number of hydrogen-bond donors (Lipinski definition) is 0. The molecule has 0 radical (unpaired) electrons. The Bertz CT molecular complexity index is 341. The molecule has 0 atom stereocenters. The largest absolute Gasteiger partial charge is 0.399 e. The molecule has 0 saturated carbocycles. The van der Waals surface area contributed by atoms with Crippen LogP contribution in [-0.2, 0) is 11.3 Å². The van der Waals surface area contributed by atoms with Crippen LogP contribution in [0.4, 0.5) is 0 Å². The van der Waals surface area contributed by atoms with Crippen molar-refractivity contribution >= 4 is 12.0 Å². The zero-order valence-electron chi connectivity index (χ0n) is 9.06. The highest BCUT2D eigenvalue weighted by Gasteiger charge is 2.03. The van der Waals surface area contributed by atoms with Crippen LogP contribution in [-0.4, -0.2) is 19.1 Å². The van der Waals surface area contributed by atoms with Crippen molar-refractivity contribution in [3.05, 3.63) is 35.4 Å². The van der Waals surface area contributed by atoms with Crippen molar-refractivity contribution in [3.63, 3.8) is 0 Å². The predicted octanol–water partition coefficient (Wildman–Crippen LogP) is 2.45. The molecule has 15 heavy (non-hydrogen) atoms. The summed E-state index contributed by atoms with van der Waals surface area (Å²) < 4.78 is 0. The second-order valence-corrected chi connectivity index (χ2v) is 3.15. The van der Waals surface area contributed by atoms with Crippen molar-refractivity contribution in [1.82, 2.24) is 0 Å².